The lowest BCUT2D eigenvalue weighted by Crippen LogP contribution is -2.40. The van der Waals surface area contributed by atoms with Gasteiger partial charge in [0, 0.05) is 24.8 Å². The number of nitrogens with zero attached hydrogens (tertiary/aromatic N) is 1. The van der Waals surface area contributed by atoms with Crippen LogP contribution >= 0.6 is 0 Å². The van der Waals surface area contributed by atoms with Crippen LogP contribution in [0.2, 0.25) is 0 Å². The SMILES string of the molecule is CCC1CCN(C(=O)Nc2ccc(C(C)N)cc2)CC1. The summed E-state index contributed by atoms with van der Waals surface area (Å²) in [6.45, 7) is 5.90. The van der Waals surface area contributed by atoms with E-state index >= 15 is 0 Å². The second kappa shape index (κ2) is 6.75. The number of carbonyl (C=O) groups excluding carboxylic acids is 1. The number of piperidine rings is 1. The minimum absolute atomic E-state index is 0.00750. The number of amides is 2. The molecular formula is C16H25N3O. The van der Waals surface area contributed by atoms with E-state index in [1.54, 1.807) is 0 Å². The smallest absolute Gasteiger partial charge is 0.321 e. The molecule has 4 nitrogen and oxygen atoms in total. The van der Waals surface area contributed by atoms with Crippen molar-refractivity contribution in [1.82, 2.24) is 4.90 Å². The zero-order valence-electron chi connectivity index (χ0n) is 12.4. The van der Waals surface area contributed by atoms with E-state index in [0.717, 1.165) is 43.1 Å². The van der Waals surface area contributed by atoms with E-state index in [-0.39, 0.29) is 12.1 Å². The van der Waals surface area contributed by atoms with E-state index in [4.69, 9.17) is 5.73 Å². The number of benzene rings is 1. The lowest BCUT2D eigenvalue weighted by molar-refractivity contribution is 0.181. The number of likely N-dealkylation sites (tertiary alicyclic amines) is 1. The van der Waals surface area contributed by atoms with Gasteiger partial charge in [-0.15, -0.1) is 0 Å². The Balaban J connectivity index is 1.88. The second-order valence-corrected chi connectivity index (χ2v) is 5.68. The van der Waals surface area contributed by atoms with E-state index in [1.165, 1.54) is 6.42 Å². The first-order valence-electron chi connectivity index (χ1n) is 7.51. The zero-order valence-corrected chi connectivity index (χ0v) is 12.4. The molecule has 1 saturated heterocycles. The molecule has 4 heteroatoms. The molecule has 1 aliphatic heterocycles. The van der Waals surface area contributed by atoms with Crippen molar-refractivity contribution >= 4 is 11.7 Å². The van der Waals surface area contributed by atoms with Gasteiger partial charge in [0.15, 0.2) is 0 Å². The first-order chi connectivity index (χ1) is 9.60. The number of anilines is 1. The van der Waals surface area contributed by atoms with Crippen LogP contribution < -0.4 is 11.1 Å². The Kier molecular flexibility index (Phi) is 5.01. The summed E-state index contributed by atoms with van der Waals surface area (Å²) < 4.78 is 0. The summed E-state index contributed by atoms with van der Waals surface area (Å²) in [5.41, 5.74) is 7.72. The molecule has 3 N–H and O–H groups in total. The van der Waals surface area contributed by atoms with Crippen LogP contribution in [0.3, 0.4) is 0 Å². The molecule has 0 aromatic heterocycles. The van der Waals surface area contributed by atoms with E-state index < -0.39 is 0 Å². The molecule has 0 saturated carbocycles. The Morgan fingerprint density at radius 1 is 1.35 bits per heavy atom. The van der Waals surface area contributed by atoms with Gasteiger partial charge in [0.1, 0.15) is 0 Å². The number of nitrogens with two attached hydrogens (primary N) is 1. The second-order valence-electron chi connectivity index (χ2n) is 5.68. The maximum absolute atomic E-state index is 12.2. The van der Waals surface area contributed by atoms with Gasteiger partial charge in [0.2, 0.25) is 0 Å². The van der Waals surface area contributed by atoms with Crippen LogP contribution in [-0.2, 0) is 0 Å². The van der Waals surface area contributed by atoms with Crippen LogP contribution in [0, 0.1) is 5.92 Å². The van der Waals surface area contributed by atoms with Crippen molar-refractivity contribution in [3.05, 3.63) is 29.8 Å². The van der Waals surface area contributed by atoms with Gasteiger partial charge < -0.3 is 16.0 Å². The van der Waals surface area contributed by atoms with Crippen molar-refractivity contribution in [2.75, 3.05) is 18.4 Å². The Labute approximate surface area is 121 Å². The van der Waals surface area contributed by atoms with Crippen LogP contribution in [-0.4, -0.2) is 24.0 Å². The molecule has 2 rings (SSSR count). The summed E-state index contributed by atoms with van der Waals surface area (Å²) in [6, 6.07) is 7.78. The number of carbonyl (C=O) groups is 1. The monoisotopic (exact) mass is 275 g/mol. The quantitative estimate of drug-likeness (QED) is 0.888. The molecule has 0 bridgehead atoms. The highest BCUT2D eigenvalue weighted by Crippen LogP contribution is 2.21. The summed E-state index contributed by atoms with van der Waals surface area (Å²) in [4.78, 5) is 14.1. The van der Waals surface area contributed by atoms with Crippen molar-refractivity contribution in [2.24, 2.45) is 11.7 Å². The highest BCUT2D eigenvalue weighted by Gasteiger charge is 2.21. The van der Waals surface area contributed by atoms with Crippen molar-refractivity contribution in [2.45, 2.75) is 39.2 Å². The third-order valence-corrected chi connectivity index (χ3v) is 4.17. The lowest BCUT2D eigenvalue weighted by Gasteiger charge is -2.31. The molecule has 20 heavy (non-hydrogen) atoms. The molecule has 1 aromatic rings. The fourth-order valence-corrected chi connectivity index (χ4v) is 2.62. The number of urea groups is 1. The maximum atomic E-state index is 12.2. The van der Waals surface area contributed by atoms with Gasteiger partial charge in [-0.1, -0.05) is 25.5 Å². The topological polar surface area (TPSA) is 58.4 Å². The minimum atomic E-state index is 0.00750. The summed E-state index contributed by atoms with van der Waals surface area (Å²) in [5.74, 6) is 0.782. The van der Waals surface area contributed by atoms with E-state index in [1.807, 2.05) is 36.1 Å². The van der Waals surface area contributed by atoms with Gasteiger partial charge in [-0.05, 0) is 43.4 Å². The summed E-state index contributed by atoms with van der Waals surface area (Å²) >= 11 is 0. The van der Waals surface area contributed by atoms with E-state index in [9.17, 15) is 4.79 Å². The molecule has 0 spiro atoms. The van der Waals surface area contributed by atoms with Crippen LogP contribution in [0.5, 0.6) is 0 Å². The standard InChI is InChI=1S/C16H25N3O/c1-3-13-8-10-19(11-9-13)16(20)18-15-6-4-14(5-7-15)12(2)17/h4-7,12-13H,3,8-11,17H2,1-2H3,(H,18,20). The van der Waals surface area contributed by atoms with Gasteiger partial charge in [0.25, 0.3) is 0 Å². The van der Waals surface area contributed by atoms with Gasteiger partial charge in [-0.2, -0.15) is 0 Å². The molecule has 2 amide bonds. The van der Waals surface area contributed by atoms with Crippen molar-refractivity contribution in [1.29, 1.82) is 0 Å². The van der Waals surface area contributed by atoms with Crippen molar-refractivity contribution in [3.63, 3.8) is 0 Å². The van der Waals surface area contributed by atoms with Gasteiger partial charge in [-0.3, -0.25) is 0 Å². The average molecular weight is 275 g/mol. The highest BCUT2D eigenvalue weighted by atomic mass is 16.2. The van der Waals surface area contributed by atoms with Crippen LogP contribution in [0.25, 0.3) is 0 Å². The molecule has 1 aliphatic rings. The Bertz CT molecular complexity index is 434. The summed E-state index contributed by atoms with van der Waals surface area (Å²) in [7, 11) is 0. The number of hydrogen-bond donors (Lipinski definition) is 2. The van der Waals surface area contributed by atoms with Gasteiger partial charge >= 0.3 is 6.03 Å². The van der Waals surface area contributed by atoms with Gasteiger partial charge in [0.05, 0.1) is 0 Å². The molecule has 1 unspecified atom stereocenters. The van der Waals surface area contributed by atoms with Crippen LogP contribution in [0.15, 0.2) is 24.3 Å². The van der Waals surface area contributed by atoms with E-state index in [2.05, 4.69) is 12.2 Å². The third kappa shape index (κ3) is 3.73. The molecule has 0 radical (unpaired) electrons. The molecule has 110 valence electrons. The normalized spacial score (nSPS) is 17.9. The highest BCUT2D eigenvalue weighted by molar-refractivity contribution is 5.89. The van der Waals surface area contributed by atoms with E-state index in [0.29, 0.717) is 0 Å². The first-order valence-corrected chi connectivity index (χ1v) is 7.51. The molecule has 1 heterocycles. The molecule has 0 aliphatic carbocycles. The summed E-state index contributed by atoms with van der Waals surface area (Å²) in [6.07, 6.45) is 3.45. The minimum Gasteiger partial charge on any atom is -0.325 e. The van der Waals surface area contributed by atoms with Crippen molar-refractivity contribution < 1.29 is 4.79 Å². The van der Waals surface area contributed by atoms with Crippen LogP contribution in [0.4, 0.5) is 10.5 Å². The Morgan fingerprint density at radius 3 is 2.45 bits per heavy atom. The van der Waals surface area contributed by atoms with Crippen molar-refractivity contribution in [3.8, 4) is 0 Å². The lowest BCUT2D eigenvalue weighted by atomic mass is 9.95. The predicted molar refractivity (Wildman–Crippen MR) is 82.7 cm³/mol. The Hall–Kier alpha value is -1.55. The number of rotatable bonds is 3. The fraction of sp³-hybridized carbons (Fsp3) is 0.562. The average Bonchev–Trinajstić information content (AvgIpc) is 2.48. The zero-order chi connectivity index (χ0) is 14.5. The third-order valence-electron chi connectivity index (χ3n) is 4.17. The molecule has 1 aromatic carbocycles. The summed E-state index contributed by atoms with van der Waals surface area (Å²) in [5, 5.41) is 2.96. The fourth-order valence-electron chi connectivity index (χ4n) is 2.62. The largest absolute Gasteiger partial charge is 0.325 e. The predicted octanol–water partition coefficient (Wildman–Crippen LogP) is 3.36. The van der Waals surface area contributed by atoms with Gasteiger partial charge in [-0.25, -0.2) is 4.79 Å². The first kappa shape index (κ1) is 14.9. The molecule has 1 atom stereocenters. The van der Waals surface area contributed by atoms with Crippen LogP contribution in [0.1, 0.15) is 44.7 Å². The maximum Gasteiger partial charge on any atom is 0.321 e. The number of nitrogens with one attached hydrogen (secondary N) is 1. The number of hydrogen-bond acceptors (Lipinski definition) is 2. The molecule has 1 fully saturated rings. The Morgan fingerprint density at radius 2 is 1.95 bits per heavy atom. The molecular weight excluding hydrogens is 250 g/mol.